The topological polar surface area (TPSA) is 25.2 Å². The van der Waals surface area contributed by atoms with Gasteiger partial charge in [-0.15, -0.1) is 6.58 Å². The van der Waals surface area contributed by atoms with E-state index < -0.39 is 4.84 Å². The van der Waals surface area contributed by atoms with E-state index in [-0.39, 0.29) is 5.91 Å². The zero-order valence-electron chi connectivity index (χ0n) is 9.07. The van der Waals surface area contributed by atoms with Gasteiger partial charge in [-0.3, -0.25) is 4.79 Å². The number of hydrogen-bond acceptors (Lipinski definition) is 1. The van der Waals surface area contributed by atoms with E-state index in [1.807, 2.05) is 29.9 Å². The number of amides is 1. The average Bonchev–Trinajstić information content (AvgIpc) is 2.62. The van der Waals surface area contributed by atoms with Crippen LogP contribution in [-0.2, 0) is 18.4 Å². The van der Waals surface area contributed by atoms with E-state index in [1.54, 1.807) is 11.0 Å². The molecule has 0 saturated heterocycles. The number of alkyl halides is 2. The van der Waals surface area contributed by atoms with E-state index in [2.05, 4.69) is 6.58 Å². The number of rotatable bonds is 5. The summed E-state index contributed by atoms with van der Waals surface area (Å²) in [6.07, 6.45) is 3.57. The molecule has 0 aliphatic rings. The molecule has 0 saturated carbocycles. The third-order valence-corrected chi connectivity index (χ3v) is 2.63. The number of carbonyl (C=O) groups excluding carboxylic acids is 1. The highest BCUT2D eigenvalue weighted by atomic mass is 35.5. The molecule has 0 unspecified atom stereocenters. The minimum absolute atomic E-state index is 0.301. The van der Waals surface area contributed by atoms with E-state index in [0.29, 0.717) is 13.1 Å². The van der Waals surface area contributed by atoms with E-state index in [1.165, 1.54) is 0 Å². The van der Waals surface area contributed by atoms with Crippen molar-refractivity contribution >= 4 is 29.1 Å². The van der Waals surface area contributed by atoms with Gasteiger partial charge in [-0.1, -0.05) is 29.3 Å². The first kappa shape index (κ1) is 13.1. The molecule has 16 heavy (non-hydrogen) atoms. The summed E-state index contributed by atoms with van der Waals surface area (Å²) in [5, 5.41) is 0. The fourth-order valence-corrected chi connectivity index (χ4v) is 1.66. The molecule has 1 rings (SSSR count). The second-order valence-electron chi connectivity index (χ2n) is 3.42. The molecule has 0 bridgehead atoms. The lowest BCUT2D eigenvalue weighted by atomic mass is 10.3. The number of aryl methyl sites for hydroxylation is 1. The Bertz CT molecular complexity index is 374. The Labute approximate surface area is 105 Å². The zero-order chi connectivity index (χ0) is 12.1. The second-order valence-corrected chi connectivity index (χ2v) is 4.51. The fraction of sp³-hybridized carbons (Fsp3) is 0.364. The quantitative estimate of drug-likeness (QED) is 0.590. The summed E-state index contributed by atoms with van der Waals surface area (Å²) in [4.78, 5) is 12.2. The molecular formula is C11H14Cl2N2O. The highest BCUT2D eigenvalue weighted by molar-refractivity contribution is 6.53. The van der Waals surface area contributed by atoms with Crippen molar-refractivity contribution < 1.29 is 4.79 Å². The first-order chi connectivity index (χ1) is 7.56. The van der Waals surface area contributed by atoms with Crippen molar-refractivity contribution in [2.75, 3.05) is 6.54 Å². The van der Waals surface area contributed by atoms with Crippen LogP contribution in [0.3, 0.4) is 0 Å². The van der Waals surface area contributed by atoms with Crippen LogP contribution in [0.4, 0.5) is 0 Å². The third kappa shape index (κ3) is 3.29. The standard InChI is InChI=1S/C11H14Cl2N2O/c1-3-6-15(11(16)10(12)13)8-9-5-4-7-14(9)2/h3-5,7,10H,1,6,8H2,2H3. The molecule has 0 atom stereocenters. The molecular weight excluding hydrogens is 247 g/mol. The molecule has 88 valence electrons. The van der Waals surface area contributed by atoms with Crippen LogP contribution in [0.25, 0.3) is 0 Å². The summed E-state index contributed by atoms with van der Waals surface area (Å²) in [7, 11) is 1.92. The van der Waals surface area contributed by atoms with Gasteiger partial charge in [0.05, 0.1) is 6.54 Å². The van der Waals surface area contributed by atoms with Crippen molar-refractivity contribution in [3.05, 3.63) is 36.7 Å². The van der Waals surface area contributed by atoms with Crippen LogP contribution in [0.2, 0.25) is 0 Å². The van der Waals surface area contributed by atoms with Gasteiger partial charge >= 0.3 is 0 Å². The SMILES string of the molecule is C=CCN(Cc1cccn1C)C(=O)C(Cl)Cl. The van der Waals surface area contributed by atoms with Crippen molar-refractivity contribution in [3.63, 3.8) is 0 Å². The Morgan fingerprint density at radius 1 is 1.69 bits per heavy atom. The summed E-state index contributed by atoms with van der Waals surface area (Å²) in [6, 6.07) is 3.87. The number of nitrogens with zero attached hydrogens (tertiary/aromatic N) is 2. The van der Waals surface area contributed by atoms with Crippen LogP contribution in [0.1, 0.15) is 5.69 Å². The molecule has 3 nitrogen and oxygen atoms in total. The van der Waals surface area contributed by atoms with Crippen LogP contribution in [0.5, 0.6) is 0 Å². The Morgan fingerprint density at radius 2 is 2.38 bits per heavy atom. The predicted molar refractivity (Wildman–Crippen MR) is 66.5 cm³/mol. The minimum Gasteiger partial charge on any atom is -0.353 e. The first-order valence-electron chi connectivity index (χ1n) is 4.84. The lowest BCUT2D eigenvalue weighted by molar-refractivity contribution is -0.129. The van der Waals surface area contributed by atoms with Gasteiger partial charge in [0.25, 0.3) is 5.91 Å². The smallest absolute Gasteiger partial charge is 0.256 e. The summed E-state index contributed by atoms with van der Waals surface area (Å²) in [5.41, 5.74) is 1.02. The predicted octanol–water partition coefficient (Wildman–Crippen LogP) is 2.34. The van der Waals surface area contributed by atoms with Crippen LogP contribution in [0, 0.1) is 0 Å². The Kier molecular flexibility index (Phi) is 4.90. The normalized spacial score (nSPS) is 10.5. The first-order valence-corrected chi connectivity index (χ1v) is 5.71. The van der Waals surface area contributed by atoms with E-state index >= 15 is 0 Å². The maximum absolute atomic E-state index is 11.7. The number of halogens is 2. The number of aromatic nitrogens is 1. The minimum atomic E-state index is -1.03. The van der Waals surface area contributed by atoms with Crippen LogP contribution in [0.15, 0.2) is 31.0 Å². The molecule has 0 aliphatic heterocycles. The molecule has 0 aliphatic carbocycles. The maximum Gasteiger partial charge on any atom is 0.256 e. The molecule has 0 N–H and O–H groups in total. The van der Waals surface area contributed by atoms with E-state index in [9.17, 15) is 4.79 Å². The molecule has 0 radical (unpaired) electrons. The lowest BCUT2D eigenvalue weighted by Gasteiger charge is -2.21. The molecule has 0 aromatic carbocycles. The van der Waals surface area contributed by atoms with Crippen molar-refractivity contribution in [3.8, 4) is 0 Å². The van der Waals surface area contributed by atoms with Crippen LogP contribution < -0.4 is 0 Å². The van der Waals surface area contributed by atoms with Gasteiger partial charge in [-0.25, -0.2) is 0 Å². The Hall–Kier alpha value is -0.930. The second kappa shape index (κ2) is 5.97. The number of hydrogen-bond donors (Lipinski definition) is 0. The molecule has 1 heterocycles. The van der Waals surface area contributed by atoms with Crippen molar-refractivity contribution in [2.24, 2.45) is 7.05 Å². The van der Waals surface area contributed by atoms with E-state index in [0.717, 1.165) is 5.69 Å². The molecule has 0 fully saturated rings. The van der Waals surface area contributed by atoms with Gasteiger partial charge < -0.3 is 9.47 Å². The summed E-state index contributed by atoms with van der Waals surface area (Å²) >= 11 is 11.1. The van der Waals surface area contributed by atoms with Crippen LogP contribution >= 0.6 is 23.2 Å². The fourth-order valence-electron chi connectivity index (χ4n) is 1.38. The van der Waals surface area contributed by atoms with Gasteiger partial charge in [-0.05, 0) is 12.1 Å². The average molecular weight is 261 g/mol. The molecule has 1 amide bonds. The third-order valence-electron chi connectivity index (χ3n) is 2.25. The van der Waals surface area contributed by atoms with E-state index in [4.69, 9.17) is 23.2 Å². The van der Waals surface area contributed by atoms with Crippen LogP contribution in [-0.4, -0.2) is 26.8 Å². The van der Waals surface area contributed by atoms with Crippen molar-refractivity contribution in [1.82, 2.24) is 9.47 Å². The molecule has 0 spiro atoms. The highest BCUT2D eigenvalue weighted by Gasteiger charge is 2.19. The molecule has 1 aromatic heterocycles. The Morgan fingerprint density at radius 3 is 2.81 bits per heavy atom. The lowest BCUT2D eigenvalue weighted by Crippen LogP contribution is -2.35. The van der Waals surface area contributed by atoms with Gasteiger partial charge in [-0.2, -0.15) is 0 Å². The van der Waals surface area contributed by atoms with Gasteiger partial charge in [0.2, 0.25) is 0 Å². The highest BCUT2D eigenvalue weighted by Crippen LogP contribution is 2.11. The summed E-state index contributed by atoms with van der Waals surface area (Å²) in [5.74, 6) is -0.301. The monoisotopic (exact) mass is 260 g/mol. The summed E-state index contributed by atoms with van der Waals surface area (Å²) in [6.45, 7) is 4.51. The maximum atomic E-state index is 11.7. The van der Waals surface area contributed by atoms with Crippen molar-refractivity contribution in [1.29, 1.82) is 0 Å². The molecule has 1 aromatic rings. The molecule has 5 heteroatoms. The zero-order valence-corrected chi connectivity index (χ0v) is 10.6. The van der Waals surface area contributed by atoms with Gasteiger partial charge in [0.15, 0.2) is 4.84 Å². The van der Waals surface area contributed by atoms with Gasteiger partial charge in [0, 0.05) is 25.5 Å². The number of carbonyl (C=O) groups is 1. The summed E-state index contributed by atoms with van der Waals surface area (Å²) < 4.78 is 1.95. The van der Waals surface area contributed by atoms with Crippen molar-refractivity contribution in [2.45, 2.75) is 11.4 Å². The largest absolute Gasteiger partial charge is 0.353 e. The Balaban J connectivity index is 2.76. The van der Waals surface area contributed by atoms with Gasteiger partial charge in [0.1, 0.15) is 0 Å².